The van der Waals surface area contributed by atoms with Gasteiger partial charge in [-0.3, -0.25) is 4.79 Å². The molecule has 1 aromatic carbocycles. The van der Waals surface area contributed by atoms with E-state index in [9.17, 15) is 9.18 Å². The zero-order valence-corrected chi connectivity index (χ0v) is 10.7. The van der Waals surface area contributed by atoms with Crippen LogP contribution in [-0.2, 0) is 9.53 Å². The van der Waals surface area contributed by atoms with Gasteiger partial charge in [-0.05, 0) is 38.0 Å². The van der Waals surface area contributed by atoms with Crippen molar-refractivity contribution >= 4 is 17.6 Å². The highest BCUT2D eigenvalue weighted by molar-refractivity contribution is 6.31. The average Bonchev–Trinajstić information content (AvgIpc) is 2.15. The van der Waals surface area contributed by atoms with E-state index in [2.05, 4.69) is 4.74 Å². The minimum atomic E-state index is -0.240. The average molecular weight is 247 g/mol. The Morgan fingerprint density at radius 3 is 2.25 bits per heavy atom. The van der Waals surface area contributed by atoms with Gasteiger partial charge >= 0.3 is 5.97 Å². The standard InChI is InChI=1S/C8H8ClF.C4H8O2/c1-5-3-6(2)8(10)4-7(5)9;1-3-6-4(2)5/h3-4H,1-2H3;3H2,1-2H3. The van der Waals surface area contributed by atoms with E-state index in [1.54, 1.807) is 19.9 Å². The summed E-state index contributed by atoms with van der Waals surface area (Å²) in [5, 5.41) is 0.489. The molecule has 0 radical (unpaired) electrons. The van der Waals surface area contributed by atoms with Crippen LogP contribution >= 0.6 is 11.6 Å². The van der Waals surface area contributed by atoms with Crippen LogP contribution in [0.25, 0.3) is 0 Å². The molecule has 0 fully saturated rings. The number of halogens is 2. The maximum atomic E-state index is 12.7. The molecular formula is C12H16ClFO2. The SMILES string of the molecule is CCOC(C)=O.Cc1cc(C)c(Cl)cc1F. The Hall–Kier alpha value is -1.09. The molecule has 16 heavy (non-hydrogen) atoms. The lowest BCUT2D eigenvalue weighted by molar-refractivity contribution is -0.140. The third kappa shape index (κ3) is 5.71. The van der Waals surface area contributed by atoms with E-state index in [-0.39, 0.29) is 11.8 Å². The van der Waals surface area contributed by atoms with Crippen molar-refractivity contribution in [1.82, 2.24) is 0 Å². The number of rotatable bonds is 1. The Balaban J connectivity index is 0.000000325. The van der Waals surface area contributed by atoms with E-state index < -0.39 is 0 Å². The molecule has 0 unspecified atom stereocenters. The zero-order chi connectivity index (χ0) is 12.7. The van der Waals surface area contributed by atoms with Gasteiger partial charge in [-0.2, -0.15) is 0 Å². The third-order valence-electron chi connectivity index (χ3n) is 1.79. The molecule has 0 amide bonds. The molecule has 1 aromatic rings. The molecule has 0 aliphatic heterocycles. The first-order chi connectivity index (χ1) is 7.38. The number of aryl methyl sites for hydroxylation is 2. The molecule has 4 heteroatoms. The van der Waals surface area contributed by atoms with Crippen LogP contribution in [0.15, 0.2) is 12.1 Å². The van der Waals surface area contributed by atoms with Gasteiger partial charge in [0.25, 0.3) is 0 Å². The summed E-state index contributed by atoms with van der Waals surface area (Å²) in [4.78, 5) is 9.82. The van der Waals surface area contributed by atoms with E-state index in [1.165, 1.54) is 13.0 Å². The fourth-order valence-electron chi connectivity index (χ4n) is 1.00. The molecule has 90 valence electrons. The maximum Gasteiger partial charge on any atom is 0.302 e. The molecule has 1 rings (SSSR count). The van der Waals surface area contributed by atoms with Gasteiger partial charge < -0.3 is 4.74 Å². The first-order valence-electron chi connectivity index (χ1n) is 4.94. The van der Waals surface area contributed by atoms with E-state index >= 15 is 0 Å². The third-order valence-corrected chi connectivity index (χ3v) is 2.19. The van der Waals surface area contributed by atoms with Gasteiger partial charge in [0, 0.05) is 11.9 Å². The van der Waals surface area contributed by atoms with E-state index in [0.29, 0.717) is 17.2 Å². The molecule has 0 aromatic heterocycles. The Morgan fingerprint density at radius 2 is 1.94 bits per heavy atom. The van der Waals surface area contributed by atoms with Crippen LogP contribution in [0.4, 0.5) is 4.39 Å². The van der Waals surface area contributed by atoms with Crippen molar-refractivity contribution in [2.45, 2.75) is 27.7 Å². The molecule has 0 spiro atoms. The van der Waals surface area contributed by atoms with Crippen LogP contribution in [0.5, 0.6) is 0 Å². The molecule has 0 aliphatic carbocycles. The van der Waals surface area contributed by atoms with Crippen LogP contribution in [0.2, 0.25) is 5.02 Å². The predicted octanol–water partition coefficient (Wildman–Crippen LogP) is 3.67. The van der Waals surface area contributed by atoms with Gasteiger partial charge in [0.2, 0.25) is 0 Å². The number of ether oxygens (including phenoxy) is 1. The van der Waals surface area contributed by atoms with E-state index in [1.807, 2.05) is 6.92 Å². The van der Waals surface area contributed by atoms with Crippen molar-refractivity contribution in [2.75, 3.05) is 6.61 Å². The Kier molecular flexibility index (Phi) is 6.74. The van der Waals surface area contributed by atoms with Crippen molar-refractivity contribution in [3.8, 4) is 0 Å². The topological polar surface area (TPSA) is 26.3 Å². The van der Waals surface area contributed by atoms with E-state index in [4.69, 9.17) is 11.6 Å². The smallest absolute Gasteiger partial charge is 0.302 e. The van der Waals surface area contributed by atoms with Crippen molar-refractivity contribution in [1.29, 1.82) is 0 Å². The summed E-state index contributed by atoms with van der Waals surface area (Å²) < 4.78 is 17.1. The number of esters is 1. The molecule has 0 heterocycles. The van der Waals surface area contributed by atoms with Gasteiger partial charge in [0.1, 0.15) is 5.82 Å². The lowest BCUT2D eigenvalue weighted by Gasteiger charge is -1.99. The molecule has 0 saturated heterocycles. The molecule has 0 N–H and O–H groups in total. The van der Waals surface area contributed by atoms with Crippen LogP contribution < -0.4 is 0 Å². The van der Waals surface area contributed by atoms with Crippen LogP contribution in [0, 0.1) is 19.7 Å². The summed E-state index contributed by atoms with van der Waals surface area (Å²) in [7, 11) is 0. The molecule has 0 aliphatic rings. The Bertz CT molecular complexity index is 314. The number of carbonyl (C=O) groups is 1. The monoisotopic (exact) mass is 246 g/mol. The van der Waals surface area contributed by atoms with Crippen molar-refractivity contribution in [2.24, 2.45) is 0 Å². The molecular weight excluding hydrogens is 231 g/mol. The first kappa shape index (κ1) is 14.9. The highest BCUT2D eigenvalue weighted by Crippen LogP contribution is 2.18. The predicted molar refractivity (Wildman–Crippen MR) is 63.2 cm³/mol. The highest BCUT2D eigenvalue weighted by Gasteiger charge is 2.00. The van der Waals surface area contributed by atoms with E-state index in [0.717, 1.165) is 5.56 Å². The van der Waals surface area contributed by atoms with Gasteiger partial charge in [0.15, 0.2) is 0 Å². The Labute approximate surface area is 100 Å². The fourth-order valence-corrected chi connectivity index (χ4v) is 1.16. The van der Waals surface area contributed by atoms with Gasteiger partial charge in [0.05, 0.1) is 6.61 Å². The minimum absolute atomic E-state index is 0.211. The summed E-state index contributed by atoms with van der Waals surface area (Å²) >= 11 is 5.65. The summed E-state index contributed by atoms with van der Waals surface area (Å²) in [6.45, 7) is 7.23. The normalized spacial score (nSPS) is 9.12. The second kappa shape index (κ2) is 7.23. The largest absolute Gasteiger partial charge is 0.466 e. The number of hydrogen-bond acceptors (Lipinski definition) is 2. The second-order valence-electron chi connectivity index (χ2n) is 3.28. The van der Waals surface area contributed by atoms with Crippen LogP contribution in [0.1, 0.15) is 25.0 Å². The number of benzene rings is 1. The molecule has 2 nitrogen and oxygen atoms in total. The van der Waals surface area contributed by atoms with Crippen molar-refractivity contribution < 1.29 is 13.9 Å². The van der Waals surface area contributed by atoms with Crippen LogP contribution in [-0.4, -0.2) is 12.6 Å². The minimum Gasteiger partial charge on any atom is -0.466 e. The highest BCUT2D eigenvalue weighted by atomic mass is 35.5. The number of carbonyl (C=O) groups excluding carboxylic acids is 1. The van der Waals surface area contributed by atoms with Gasteiger partial charge in [-0.25, -0.2) is 4.39 Å². The summed E-state index contributed by atoms with van der Waals surface area (Å²) in [5.74, 6) is -0.451. The lowest BCUT2D eigenvalue weighted by atomic mass is 10.1. The fraction of sp³-hybridized carbons (Fsp3) is 0.417. The second-order valence-corrected chi connectivity index (χ2v) is 3.68. The summed E-state index contributed by atoms with van der Waals surface area (Å²) in [6, 6.07) is 3.07. The number of hydrogen-bond donors (Lipinski definition) is 0. The molecule has 0 atom stereocenters. The quantitative estimate of drug-likeness (QED) is 0.707. The maximum absolute atomic E-state index is 12.7. The first-order valence-corrected chi connectivity index (χ1v) is 5.31. The Morgan fingerprint density at radius 1 is 1.38 bits per heavy atom. The zero-order valence-electron chi connectivity index (χ0n) is 9.93. The van der Waals surface area contributed by atoms with Crippen molar-refractivity contribution in [3.63, 3.8) is 0 Å². The van der Waals surface area contributed by atoms with Crippen molar-refractivity contribution in [3.05, 3.63) is 34.1 Å². The summed E-state index contributed by atoms with van der Waals surface area (Å²) in [5.41, 5.74) is 1.56. The van der Waals surface area contributed by atoms with Crippen LogP contribution in [0.3, 0.4) is 0 Å². The lowest BCUT2D eigenvalue weighted by Crippen LogP contribution is -1.95. The van der Waals surface area contributed by atoms with Gasteiger partial charge in [-0.1, -0.05) is 17.7 Å². The molecule has 0 saturated carbocycles. The summed E-state index contributed by atoms with van der Waals surface area (Å²) in [6.07, 6.45) is 0. The van der Waals surface area contributed by atoms with Gasteiger partial charge in [-0.15, -0.1) is 0 Å². The molecule has 0 bridgehead atoms.